The Labute approximate surface area is 172 Å². The maximum atomic E-state index is 13.6. The summed E-state index contributed by atoms with van der Waals surface area (Å²) >= 11 is 3.21. The van der Waals surface area contributed by atoms with Gasteiger partial charge in [-0.2, -0.15) is 13.2 Å². The Morgan fingerprint density at radius 1 is 1.17 bits per heavy atom. The maximum absolute atomic E-state index is 13.6. The van der Waals surface area contributed by atoms with Gasteiger partial charge in [-0.05, 0) is 60.8 Å². The van der Waals surface area contributed by atoms with Crippen molar-refractivity contribution in [3.63, 3.8) is 0 Å². The third-order valence-corrected chi connectivity index (χ3v) is 5.43. The second-order valence-electron chi connectivity index (χ2n) is 6.61. The highest BCUT2D eigenvalue weighted by Gasteiger charge is 2.35. The summed E-state index contributed by atoms with van der Waals surface area (Å²) in [5, 5.41) is 4.71. The number of furan rings is 1. The largest absolute Gasteiger partial charge is 0.465 e. The first-order chi connectivity index (χ1) is 13.6. The monoisotopic (exact) mass is 474 g/mol. The first-order valence-corrected chi connectivity index (χ1v) is 9.57. The van der Waals surface area contributed by atoms with Crippen molar-refractivity contribution in [1.29, 1.82) is 0 Å². The first-order valence-electron chi connectivity index (χ1n) is 8.78. The van der Waals surface area contributed by atoms with Crippen LogP contribution in [0.25, 0.3) is 0 Å². The molecule has 1 atom stereocenters. The molecule has 0 radical (unpaired) electrons. The van der Waals surface area contributed by atoms with E-state index in [0.29, 0.717) is 23.3 Å². The summed E-state index contributed by atoms with van der Waals surface area (Å²) in [6, 6.07) is 3.17. The molecule has 2 N–H and O–H groups in total. The Bertz CT molecular complexity index is 950. The number of benzene rings is 1. The number of amides is 2. The lowest BCUT2D eigenvalue weighted by Gasteiger charge is -2.17. The molecule has 1 saturated heterocycles. The van der Waals surface area contributed by atoms with Crippen molar-refractivity contribution in [2.24, 2.45) is 0 Å². The Hall–Kier alpha value is -2.33. The fraction of sp³-hybridized carbons (Fsp3) is 0.368. The van der Waals surface area contributed by atoms with E-state index in [0.717, 1.165) is 18.6 Å². The van der Waals surface area contributed by atoms with Crippen LogP contribution in [0.15, 0.2) is 27.1 Å². The predicted molar refractivity (Wildman–Crippen MR) is 103 cm³/mol. The average molecular weight is 475 g/mol. The fourth-order valence-corrected chi connectivity index (χ4v) is 3.61. The highest BCUT2D eigenvalue weighted by atomic mass is 79.9. The van der Waals surface area contributed by atoms with Gasteiger partial charge < -0.3 is 19.8 Å². The molecule has 2 heterocycles. The van der Waals surface area contributed by atoms with Gasteiger partial charge >= 0.3 is 6.18 Å². The molecule has 6 nitrogen and oxygen atoms in total. The zero-order valence-corrected chi connectivity index (χ0v) is 17.2. The molecule has 3 rings (SSSR count). The Morgan fingerprint density at radius 2 is 1.90 bits per heavy atom. The molecule has 1 aromatic heterocycles. The van der Waals surface area contributed by atoms with Crippen LogP contribution in [0.2, 0.25) is 0 Å². The summed E-state index contributed by atoms with van der Waals surface area (Å²) in [5.74, 6) is -0.523. The van der Waals surface area contributed by atoms with Gasteiger partial charge in [0.2, 0.25) is 0 Å². The Balaban J connectivity index is 1.86. The molecule has 1 aliphatic heterocycles. The van der Waals surface area contributed by atoms with E-state index >= 15 is 0 Å². The van der Waals surface area contributed by atoms with Gasteiger partial charge in [-0.25, -0.2) is 0 Å². The summed E-state index contributed by atoms with van der Waals surface area (Å²) in [4.78, 5) is 24.6. The minimum Gasteiger partial charge on any atom is -0.465 e. The van der Waals surface area contributed by atoms with E-state index in [1.807, 2.05) is 0 Å². The Kier molecular flexibility index (Phi) is 6.04. The molecule has 29 heavy (non-hydrogen) atoms. The predicted octanol–water partition coefficient (Wildman–Crippen LogP) is 5.05. The third kappa shape index (κ3) is 4.64. The highest BCUT2D eigenvalue weighted by molar-refractivity contribution is 9.10. The van der Waals surface area contributed by atoms with E-state index in [-0.39, 0.29) is 17.0 Å². The topological polar surface area (TPSA) is 80.6 Å². The van der Waals surface area contributed by atoms with E-state index in [2.05, 4.69) is 26.6 Å². The number of hydrogen-bond acceptors (Lipinski definition) is 4. The van der Waals surface area contributed by atoms with Gasteiger partial charge in [0.15, 0.2) is 0 Å². The molecule has 2 amide bonds. The summed E-state index contributed by atoms with van der Waals surface area (Å²) < 4.78 is 51.6. The number of anilines is 2. The van der Waals surface area contributed by atoms with Gasteiger partial charge in [0.25, 0.3) is 11.8 Å². The van der Waals surface area contributed by atoms with Crippen LogP contribution < -0.4 is 10.6 Å². The van der Waals surface area contributed by atoms with Crippen molar-refractivity contribution in [2.45, 2.75) is 39.0 Å². The number of nitrogens with one attached hydrogen (secondary N) is 2. The number of halogens is 4. The number of alkyl halides is 3. The van der Waals surface area contributed by atoms with Gasteiger partial charge in [-0.1, -0.05) is 0 Å². The third-order valence-electron chi connectivity index (χ3n) is 4.48. The summed E-state index contributed by atoms with van der Waals surface area (Å²) in [5.41, 5.74) is -1.42. The first kappa shape index (κ1) is 21.4. The van der Waals surface area contributed by atoms with E-state index < -0.39 is 35.3 Å². The van der Waals surface area contributed by atoms with Gasteiger partial charge in [-0.3, -0.25) is 9.59 Å². The van der Waals surface area contributed by atoms with Crippen molar-refractivity contribution in [3.05, 3.63) is 45.3 Å². The molecule has 1 aliphatic rings. The zero-order valence-electron chi connectivity index (χ0n) is 15.6. The molecule has 10 heteroatoms. The zero-order chi connectivity index (χ0) is 21.3. The number of carbonyl (C=O) groups excluding carboxylic acids is 2. The minimum absolute atomic E-state index is 0.0349. The number of ether oxygens (including phenoxy) is 1. The molecule has 156 valence electrons. The van der Waals surface area contributed by atoms with Crippen molar-refractivity contribution in [3.8, 4) is 0 Å². The lowest BCUT2D eigenvalue weighted by Crippen LogP contribution is -2.27. The molecular formula is C19H18BrF3N2O4. The summed E-state index contributed by atoms with van der Waals surface area (Å²) in [6.45, 7) is 3.61. The fourth-order valence-electron chi connectivity index (χ4n) is 3.07. The van der Waals surface area contributed by atoms with Crippen molar-refractivity contribution < 1.29 is 31.9 Å². The smallest absolute Gasteiger partial charge is 0.418 e. The molecule has 0 bridgehead atoms. The lowest BCUT2D eigenvalue weighted by molar-refractivity contribution is -0.137. The molecular weight excluding hydrogens is 457 g/mol. The summed E-state index contributed by atoms with van der Waals surface area (Å²) in [7, 11) is 0. The molecule has 0 aliphatic carbocycles. The van der Waals surface area contributed by atoms with Crippen molar-refractivity contribution in [2.75, 3.05) is 17.2 Å². The molecule has 0 spiro atoms. The summed E-state index contributed by atoms with van der Waals surface area (Å²) in [6.07, 6.45) is -4.18. The number of rotatable bonds is 4. The molecule has 0 saturated carbocycles. The highest BCUT2D eigenvalue weighted by Crippen LogP contribution is 2.37. The average Bonchev–Trinajstić information content (AvgIpc) is 3.24. The van der Waals surface area contributed by atoms with Gasteiger partial charge in [0.1, 0.15) is 17.6 Å². The SMILES string of the molecule is Cc1oc(C)c(C(=O)Nc2ccc(NC(=O)C3CCCO3)cc2C(F)(F)F)c1Br. The second-order valence-corrected chi connectivity index (χ2v) is 7.40. The van der Waals surface area contributed by atoms with E-state index in [4.69, 9.17) is 9.15 Å². The quantitative estimate of drug-likeness (QED) is 0.649. The van der Waals surface area contributed by atoms with Crippen LogP contribution in [0.5, 0.6) is 0 Å². The molecule has 2 aromatic rings. The van der Waals surface area contributed by atoms with Crippen LogP contribution in [0.4, 0.5) is 24.5 Å². The number of aryl methyl sites for hydroxylation is 2. The second kappa shape index (κ2) is 8.19. The van der Waals surface area contributed by atoms with Crippen LogP contribution in [-0.4, -0.2) is 24.5 Å². The Morgan fingerprint density at radius 3 is 2.45 bits per heavy atom. The van der Waals surface area contributed by atoms with E-state index in [1.54, 1.807) is 13.8 Å². The number of hydrogen-bond donors (Lipinski definition) is 2. The normalized spacial score (nSPS) is 16.7. The molecule has 1 fully saturated rings. The van der Waals surface area contributed by atoms with Crippen LogP contribution in [0, 0.1) is 13.8 Å². The molecule has 1 aromatic carbocycles. The van der Waals surface area contributed by atoms with Crippen LogP contribution in [0.3, 0.4) is 0 Å². The number of carbonyl (C=O) groups is 2. The van der Waals surface area contributed by atoms with Gasteiger partial charge in [0, 0.05) is 12.3 Å². The van der Waals surface area contributed by atoms with Gasteiger partial charge in [-0.15, -0.1) is 0 Å². The van der Waals surface area contributed by atoms with Crippen LogP contribution in [-0.2, 0) is 15.7 Å². The van der Waals surface area contributed by atoms with Crippen molar-refractivity contribution >= 4 is 39.1 Å². The van der Waals surface area contributed by atoms with Crippen LogP contribution in [0.1, 0.15) is 40.3 Å². The minimum atomic E-state index is -4.74. The maximum Gasteiger partial charge on any atom is 0.418 e. The molecule has 1 unspecified atom stereocenters. The van der Waals surface area contributed by atoms with Crippen LogP contribution >= 0.6 is 15.9 Å². The lowest BCUT2D eigenvalue weighted by atomic mass is 10.1. The van der Waals surface area contributed by atoms with Crippen molar-refractivity contribution in [1.82, 2.24) is 0 Å². The van der Waals surface area contributed by atoms with E-state index in [1.165, 1.54) is 6.07 Å². The van der Waals surface area contributed by atoms with Gasteiger partial charge in [0.05, 0.1) is 21.3 Å². The van der Waals surface area contributed by atoms with E-state index in [9.17, 15) is 22.8 Å². The standard InChI is InChI=1S/C19H18BrF3N2O4/c1-9-15(16(20)10(2)29-9)18(27)25-13-6-5-11(8-12(13)19(21,22)23)24-17(26)14-4-3-7-28-14/h5-6,8,14H,3-4,7H2,1-2H3,(H,24,26)(H,25,27).